The van der Waals surface area contributed by atoms with Gasteiger partial charge in [0.05, 0.1) is 18.7 Å². The number of nitrogens with one attached hydrogen (secondary N) is 2. The lowest BCUT2D eigenvalue weighted by atomic mass is 10.1. The molecule has 1 fully saturated rings. The fraction of sp³-hybridized carbons (Fsp3) is 0.280. The Labute approximate surface area is 212 Å². The van der Waals surface area contributed by atoms with Crippen LogP contribution in [0.2, 0.25) is 5.02 Å². The minimum Gasteiger partial charge on any atom is -0.364 e. The molecule has 1 amide bonds. The van der Waals surface area contributed by atoms with Gasteiger partial charge in [-0.3, -0.25) is 4.79 Å². The molecule has 5 rings (SSSR count). The van der Waals surface area contributed by atoms with Crippen molar-refractivity contribution in [1.82, 2.24) is 19.4 Å². The molecule has 7 nitrogen and oxygen atoms in total. The van der Waals surface area contributed by atoms with E-state index in [2.05, 4.69) is 64.2 Å². The van der Waals surface area contributed by atoms with Crippen LogP contribution in [0.3, 0.4) is 0 Å². The predicted octanol–water partition coefficient (Wildman–Crippen LogP) is 6.24. The number of amides is 1. The molecule has 3 heterocycles. The molecule has 0 aliphatic heterocycles. The number of aromatic nitrogens is 4. The summed E-state index contributed by atoms with van der Waals surface area (Å²) in [6.07, 6.45) is 8.34. The number of fused-ring (bicyclic) bond motifs is 1. The second kappa shape index (κ2) is 11.0. The number of imidazole rings is 1. The predicted molar refractivity (Wildman–Crippen MR) is 139 cm³/mol. The number of hydrogen-bond acceptors (Lipinski definition) is 5. The molecule has 0 unspecified atom stereocenters. The van der Waals surface area contributed by atoms with Crippen molar-refractivity contribution in [2.45, 2.75) is 45.6 Å². The number of carbonyl (C=O) groups excluding carboxylic acids is 1. The maximum absolute atomic E-state index is 12.4. The molecule has 3 aromatic heterocycles. The Bertz CT molecular complexity index is 1300. The molecular formula is C25H26BrClN6O. The monoisotopic (exact) mass is 540 g/mol. The zero-order chi connectivity index (χ0) is 24.1. The van der Waals surface area contributed by atoms with Gasteiger partial charge in [-0.15, -0.1) is 0 Å². The van der Waals surface area contributed by atoms with Gasteiger partial charge in [-0.2, -0.15) is 0 Å². The van der Waals surface area contributed by atoms with Gasteiger partial charge >= 0.3 is 0 Å². The van der Waals surface area contributed by atoms with Gasteiger partial charge in [0.2, 0.25) is 5.91 Å². The SMILES string of the molecule is CC.O=C(Cc1cc(Cl)ccc1Br)Nc1cc(NCc2cn3cc(C4CC4)ccc3n2)ncn1. The summed E-state index contributed by atoms with van der Waals surface area (Å²) in [5, 5.41) is 6.64. The number of carbonyl (C=O) groups is 1. The van der Waals surface area contributed by atoms with Crippen molar-refractivity contribution in [2.75, 3.05) is 10.6 Å². The minimum absolute atomic E-state index is 0.179. The van der Waals surface area contributed by atoms with E-state index in [0.29, 0.717) is 29.1 Å². The van der Waals surface area contributed by atoms with Gasteiger partial charge in [0.25, 0.3) is 0 Å². The van der Waals surface area contributed by atoms with Crippen LogP contribution in [-0.2, 0) is 17.8 Å². The zero-order valence-corrected chi connectivity index (χ0v) is 21.4. The second-order valence-electron chi connectivity index (χ2n) is 7.84. The molecule has 1 aliphatic carbocycles. The number of nitrogens with zero attached hydrogens (tertiary/aromatic N) is 4. The van der Waals surface area contributed by atoms with E-state index in [1.54, 1.807) is 18.2 Å². The standard InChI is InChI=1S/C23H20BrClN6O.C2H6/c24-19-5-4-17(25)7-16(19)8-23(32)30-21-9-20(27-13-28-21)26-10-18-12-31-11-15(14-1-2-14)3-6-22(31)29-18;1-2/h3-7,9,11-14H,1-2,8,10H2,(H2,26,27,28,30,32);1-2H3. The van der Waals surface area contributed by atoms with Crippen molar-refractivity contribution in [3.63, 3.8) is 0 Å². The summed E-state index contributed by atoms with van der Waals surface area (Å²) in [4.78, 5) is 25.5. The first-order valence-electron chi connectivity index (χ1n) is 11.3. The number of halogens is 2. The maximum atomic E-state index is 12.4. The van der Waals surface area contributed by atoms with Gasteiger partial charge in [0.1, 0.15) is 23.6 Å². The van der Waals surface area contributed by atoms with Gasteiger partial charge in [0.15, 0.2) is 0 Å². The van der Waals surface area contributed by atoms with Crippen LogP contribution in [0.15, 0.2) is 59.6 Å². The third-order valence-electron chi connectivity index (χ3n) is 5.32. The number of anilines is 2. The summed E-state index contributed by atoms with van der Waals surface area (Å²) >= 11 is 9.47. The molecule has 0 atom stereocenters. The molecule has 176 valence electrons. The van der Waals surface area contributed by atoms with Crippen LogP contribution >= 0.6 is 27.5 Å². The van der Waals surface area contributed by atoms with Crippen LogP contribution in [-0.4, -0.2) is 25.3 Å². The Morgan fingerprint density at radius 2 is 1.91 bits per heavy atom. The van der Waals surface area contributed by atoms with E-state index < -0.39 is 0 Å². The highest BCUT2D eigenvalue weighted by Gasteiger charge is 2.23. The van der Waals surface area contributed by atoms with E-state index in [1.807, 2.05) is 26.1 Å². The lowest BCUT2D eigenvalue weighted by molar-refractivity contribution is -0.115. The van der Waals surface area contributed by atoms with Crippen LogP contribution in [0, 0.1) is 0 Å². The topological polar surface area (TPSA) is 84.2 Å². The van der Waals surface area contributed by atoms with Crippen LogP contribution in [0.1, 0.15) is 49.4 Å². The molecule has 1 aromatic carbocycles. The summed E-state index contributed by atoms with van der Waals surface area (Å²) < 4.78 is 2.91. The first kappa shape index (κ1) is 24.2. The number of hydrogen-bond donors (Lipinski definition) is 2. The lowest BCUT2D eigenvalue weighted by Gasteiger charge is -2.08. The van der Waals surface area contributed by atoms with Gasteiger partial charge < -0.3 is 15.0 Å². The van der Waals surface area contributed by atoms with Crippen LogP contribution in [0.5, 0.6) is 0 Å². The summed E-state index contributed by atoms with van der Waals surface area (Å²) in [5.41, 5.74) is 4.01. The molecule has 2 N–H and O–H groups in total. The normalized spacial score (nSPS) is 12.7. The maximum Gasteiger partial charge on any atom is 0.229 e. The first-order valence-corrected chi connectivity index (χ1v) is 12.5. The molecule has 0 radical (unpaired) electrons. The molecule has 0 saturated heterocycles. The molecule has 0 bridgehead atoms. The molecule has 0 spiro atoms. The van der Waals surface area contributed by atoms with E-state index in [-0.39, 0.29) is 12.3 Å². The average molecular weight is 542 g/mol. The largest absolute Gasteiger partial charge is 0.364 e. The smallest absolute Gasteiger partial charge is 0.229 e. The highest BCUT2D eigenvalue weighted by Crippen LogP contribution is 2.39. The van der Waals surface area contributed by atoms with Gasteiger partial charge in [-0.05, 0) is 54.2 Å². The van der Waals surface area contributed by atoms with E-state index in [0.717, 1.165) is 21.4 Å². The third kappa shape index (κ3) is 6.12. The summed E-state index contributed by atoms with van der Waals surface area (Å²) in [7, 11) is 0. The number of rotatable bonds is 7. The highest BCUT2D eigenvalue weighted by molar-refractivity contribution is 9.10. The van der Waals surface area contributed by atoms with Crippen molar-refractivity contribution in [2.24, 2.45) is 0 Å². The number of benzene rings is 1. The molecule has 9 heteroatoms. The molecule has 1 aliphatic rings. The van der Waals surface area contributed by atoms with E-state index >= 15 is 0 Å². The Hall–Kier alpha value is -2.97. The average Bonchev–Trinajstić information content (AvgIpc) is 3.61. The quantitative estimate of drug-likeness (QED) is 0.289. The van der Waals surface area contributed by atoms with Crippen LogP contribution in [0.25, 0.3) is 5.65 Å². The van der Waals surface area contributed by atoms with Gasteiger partial charge in [-0.1, -0.05) is 47.4 Å². The van der Waals surface area contributed by atoms with E-state index in [4.69, 9.17) is 11.6 Å². The zero-order valence-electron chi connectivity index (χ0n) is 19.1. The fourth-order valence-corrected chi connectivity index (χ4v) is 4.13. The molecule has 1 saturated carbocycles. The Morgan fingerprint density at radius 3 is 2.71 bits per heavy atom. The van der Waals surface area contributed by atoms with E-state index in [9.17, 15) is 4.79 Å². The first-order chi connectivity index (χ1) is 16.5. The highest BCUT2D eigenvalue weighted by atomic mass is 79.9. The Morgan fingerprint density at radius 1 is 1.12 bits per heavy atom. The summed E-state index contributed by atoms with van der Waals surface area (Å²) in [6, 6.07) is 11.3. The van der Waals surface area contributed by atoms with Crippen molar-refractivity contribution in [1.29, 1.82) is 0 Å². The molecule has 34 heavy (non-hydrogen) atoms. The van der Waals surface area contributed by atoms with Gasteiger partial charge in [0, 0.05) is 28.0 Å². The number of pyridine rings is 1. The lowest BCUT2D eigenvalue weighted by Crippen LogP contribution is -2.16. The molecule has 4 aromatic rings. The van der Waals surface area contributed by atoms with E-state index in [1.165, 1.54) is 24.7 Å². The van der Waals surface area contributed by atoms with Crippen molar-refractivity contribution >= 4 is 50.7 Å². The Kier molecular flexibility index (Phi) is 7.80. The minimum atomic E-state index is -0.190. The molecular weight excluding hydrogens is 516 g/mol. The van der Waals surface area contributed by atoms with Crippen molar-refractivity contribution in [3.8, 4) is 0 Å². The summed E-state index contributed by atoms with van der Waals surface area (Å²) in [5.74, 6) is 1.55. The van der Waals surface area contributed by atoms with Crippen molar-refractivity contribution in [3.05, 3.63) is 81.4 Å². The fourth-order valence-electron chi connectivity index (χ4n) is 3.55. The van der Waals surface area contributed by atoms with Crippen LogP contribution in [0.4, 0.5) is 11.6 Å². The summed E-state index contributed by atoms with van der Waals surface area (Å²) in [6.45, 7) is 4.51. The van der Waals surface area contributed by atoms with Crippen molar-refractivity contribution < 1.29 is 4.79 Å². The van der Waals surface area contributed by atoms with Gasteiger partial charge in [-0.25, -0.2) is 15.0 Å². The third-order valence-corrected chi connectivity index (χ3v) is 6.33. The Balaban J connectivity index is 0.00000133. The second-order valence-corrected chi connectivity index (χ2v) is 9.13. The van der Waals surface area contributed by atoms with Crippen LogP contribution < -0.4 is 10.6 Å².